The summed E-state index contributed by atoms with van der Waals surface area (Å²) in [5.41, 5.74) is 7.19. The number of nitrogens with zero attached hydrogens (tertiary/aromatic N) is 3. The Kier molecular flexibility index (Phi) is 4.23. The van der Waals surface area contributed by atoms with Crippen molar-refractivity contribution in [3.8, 4) is 0 Å². The van der Waals surface area contributed by atoms with Crippen molar-refractivity contribution in [1.82, 2.24) is 14.9 Å². The van der Waals surface area contributed by atoms with Crippen LogP contribution >= 0.6 is 0 Å². The fourth-order valence-corrected chi connectivity index (χ4v) is 3.43. The Bertz CT molecular complexity index is 901. The van der Waals surface area contributed by atoms with E-state index in [9.17, 15) is 9.59 Å². The molecule has 0 unspecified atom stereocenters. The second-order valence-corrected chi connectivity index (χ2v) is 6.74. The molecule has 2 amide bonds. The first-order valence-electron chi connectivity index (χ1n) is 8.79. The molecule has 2 aromatic rings. The predicted octanol–water partition coefficient (Wildman–Crippen LogP) is 1.50. The van der Waals surface area contributed by atoms with Crippen molar-refractivity contribution in [3.63, 3.8) is 0 Å². The van der Waals surface area contributed by atoms with Gasteiger partial charge in [0.1, 0.15) is 5.54 Å². The number of piperidine rings is 1. The number of rotatable bonds is 2. The zero-order valence-electron chi connectivity index (χ0n) is 14.7. The predicted molar refractivity (Wildman–Crippen MR) is 103 cm³/mol. The van der Waals surface area contributed by atoms with Crippen LogP contribution in [-0.4, -0.2) is 45.3 Å². The average molecular weight is 364 g/mol. The first kappa shape index (κ1) is 17.0. The fraction of sp³-hybridized carbons (Fsp3) is 0.263. The Hall–Kier alpha value is -3.42. The van der Waals surface area contributed by atoms with Gasteiger partial charge in [-0.05, 0) is 31.1 Å². The topological polar surface area (TPSA) is 113 Å². The molecule has 27 heavy (non-hydrogen) atoms. The zero-order valence-corrected chi connectivity index (χ0v) is 14.7. The molecule has 1 aromatic heterocycles. The summed E-state index contributed by atoms with van der Waals surface area (Å²) in [6.45, 7) is 1.01. The molecule has 2 aliphatic heterocycles. The lowest BCUT2D eigenvalue weighted by Gasteiger charge is -2.44. The minimum absolute atomic E-state index is 0.0390. The molecule has 1 aromatic carbocycles. The van der Waals surface area contributed by atoms with Gasteiger partial charge in [-0.1, -0.05) is 12.1 Å². The van der Waals surface area contributed by atoms with Crippen LogP contribution in [0, 0.1) is 0 Å². The molecule has 1 fully saturated rings. The van der Waals surface area contributed by atoms with Crippen LogP contribution in [0.4, 0.5) is 17.3 Å². The Morgan fingerprint density at radius 1 is 1.15 bits per heavy atom. The van der Waals surface area contributed by atoms with E-state index < -0.39 is 5.54 Å². The Balaban J connectivity index is 1.40. The smallest absolute Gasteiger partial charge is 0.250 e. The van der Waals surface area contributed by atoms with Gasteiger partial charge in [-0.3, -0.25) is 9.59 Å². The molecule has 8 heteroatoms. The molecule has 0 saturated carbocycles. The van der Waals surface area contributed by atoms with Crippen molar-refractivity contribution >= 4 is 35.2 Å². The minimum atomic E-state index is -0.667. The van der Waals surface area contributed by atoms with Gasteiger partial charge in [0.2, 0.25) is 17.8 Å². The lowest BCUT2D eigenvalue weighted by Crippen LogP contribution is -2.58. The largest absolute Gasteiger partial charge is 0.369 e. The highest BCUT2D eigenvalue weighted by atomic mass is 16.2. The molecule has 8 nitrogen and oxygen atoms in total. The van der Waals surface area contributed by atoms with E-state index in [1.54, 1.807) is 23.4 Å². The number of carbonyl (C=O) groups excluding carboxylic acids is 2. The van der Waals surface area contributed by atoms with E-state index in [0.717, 1.165) is 11.4 Å². The van der Waals surface area contributed by atoms with Crippen LogP contribution in [0.5, 0.6) is 0 Å². The summed E-state index contributed by atoms with van der Waals surface area (Å²) in [7, 11) is 0. The fourth-order valence-electron chi connectivity index (χ4n) is 3.43. The van der Waals surface area contributed by atoms with Gasteiger partial charge < -0.3 is 21.3 Å². The van der Waals surface area contributed by atoms with Crippen molar-refractivity contribution in [2.45, 2.75) is 18.4 Å². The number of hydrogen-bond donors (Lipinski definition) is 3. The van der Waals surface area contributed by atoms with Crippen LogP contribution in [0.15, 0.2) is 42.7 Å². The van der Waals surface area contributed by atoms with E-state index in [0.29, 0.717) is 31.5 Å². The third-order valence-corrected chi connectivity index (χ3v) is 5.02. The van der Waals surface area contributed by atoms with Crippen molar-refractivity contribution < 1.29 is 9.59 Å². The molecular formula is C19H20N6O2. The molecule has 2 aliphatic rings. The molecule has 4 N–H and O–H groups in total. The summed E-state index contributed by atoms with van der Waals surface area (Å²) >= 11 is 0. The molecule has 0 aliphatic carbocycles. The number of nitrogens with one attached hydrogen (secondary N) is 2. The number of aromatic nitrogens is 2. The van der Waals surface area contributed by atoms with E-state index in [1.807, 2.05) is 24.3 Å². The molecule has 1 saturated heterocycles. The van der Waals surface area contributed by atoms with Crippen LogP contribution in [0.2, 0.25) is 0 Å². The number of fused-ring (bicyclic) bond motifs is 1. The van der Waals surface area contributed by atoms with E-state index >= 15 is 0 Å². The second kappa shape index (κ2) is 6.71. The van der Waals surface area contributed by atoms with Crippen LogP contribution in [0.1, 0.15) is 18.4 Å². The van der Waals surface area contributed by atoms with Gasteiger partial charge in [-0.15, -0.1) is 0 Å². The van der Waals surface area contributed by atoms with E-state index in [1.165, 1.54) is 6.08 Å². The average Bonchev–Trinajstić information content (AvgIpc) is 2.69. The first-order valence-corrected chi connectivity index (χ1v) is 8.79. The van der Waals surface area contributed by atoms with Crippen molar-refractivity contribution in [2.75, 3.05) is 29.5 Å². The van der Waals surface area contributed by atoms with Crippen LogP contribution in [0.3, 0.4) is 0 Å². The van der Waals surface area contributed by atoms with Gasteiger partial charge in [-0.25, -0.2) is 9.97 Å². The van der Waals surface area contributed by atoms with Crippen molar-refractivity contribution in [3.05, 3.63) is 48.3 Å². The van der Waals surface area contributed by atoms with Crippen LogP contribution in [0.25, 0.3) is 6.08 Å². The summed E-state index contributed by atoms with van der Waals surface area (Å²) in [6.07, 6.45) is 7.38. The van der Waals surface area contributed by atoms with Gasteiger partial charge in [0.15, 0.2) is 0 Å². The number of carbonyl (C=O) groups is 2. The van der Waals surface area contributed by atoms with Crippen LogP contribution in [-0.2, 0) is 9.59 Å². The first-order chi connectivity index (χ1) is 13.1. The summed E-state index contributed by atoms with van der Waals surface area (Å²) in [6, 6.07) is 7.64. The van der Waals surface area contributed by atoms with E-state index in [4.69, 9.17) is 5.73 Å². The van der Waals surface area contributed by atoms with Gasteiger partial charge in [0.05, 0.1) is 11.4 Å². The number of nitrogens with two attached hydrogens (primary N) is 1. The van der Waals surface area contributed by atoms with Crippen molar-refractivity contribution in [2.24, 2.45) is 0 Å². The maximum Gasteiger partial charge on any atom is 0.250 e. The Morgan fingerprint density at radius 2 is 1.81 bits per heavy atom. The number of likely N-dealkylation sites (tertiary alicyclic amines) is 1. The van der Waals surface area contributed by atoms with Gasteiger partial charge in [0, 0.05) is 37.1 Å². The number of hydrogen-bond acceptors (Lipinski definition) is 6. The van der Waals surface area contributed by atoms with Gasteiger partial charge in [-0.2, -0.15) is 0 Å². The summed E-state index contributed by atoms with van der Waals surface area (Å²) in [5, 5.41) is 6.36. The maximum atomic E-state index is 12.6. The van der Waals surface area contributed by atoms with Gasteiger partial charge >= 0.3 is 0 Å². The molecule has 3 heterocycles. The molecule has 1 spiro atoms. The number of nitrogen functional groups attached to an aromatic ring is 1. The quantitative estimate of drug-likeness (QED) is 0.696. The Morgan fingerprint density at radius 3 is 2.52 bits per heavy atom. The van der Waals surface area contributed by atoms with E-state index in [2.05, 4.69) is 20.6 Å². The molecule has 0 atom stereocenters. The third-order valence-electron chi connectivity index (χ3n) is 5.02. The standard InChI is InChI=1S/C19H20N6O2/c20-18-21-11-13(12-22-18)5-6-16(26)25-9-7-19(8-10-25)17(27)23-14-3-1-2-4-15(14)24-19/h1-6,11-12,24H,7-10H2,(H,23,27)(H2,20,21,22). The molecular weight excluding hydrogens is 344 g/mol. The molecule has 0 bridgehead atoms. The summed E-state index contributed by atoms with van der Waals surface area (Å²) < 4.78 is 0. The van der Waals surface area contributed by atoms with Crippen molar-refractivity contribution in [1.29, 1.82) is 0 Å². The zero-order chi connectivity index (χ0) is 18.9. The lowest BCUT2D eigenvalue weighted by atomic mass is 9.84. The number of amides is 2. The number of anilines is 3. The maximum absolute atomic E-state index is 12.6. The third kappa shape index (κ3) is 3.33. The molecule has 0 radical (unpaired) electrons. The lowest BCUT2D eigenvalue weighted by molar-refractivity contribution is -0.130. The second-order valence-electron chi connectivity index (χ2n) is 6.74. The summed E-state index contributed by atoms with van der Waals surface area (Å²) in [5.74, 6) is 0.0563. The normalized spacial score (nSPS) is 18.1. The van der Waals surface area contributed by atoms with E-state index in [-0.39, 0.29) is 17.8 Å². The highest BCUT2D eigenvalue weighted by Crippen LogP contribution is 2.36. The SMILES string of the molecule is Nc1ncc(C=CC(=O)N2CCC3(CC2)Nc2ccccc2NC3=O)cn1. The Labute approximate surface area is 156 Å². The minimum Gasteiger partial charge on any atom is -0.369 e. The monoisotopic (exact) mass is 364 g/mol. The molecule has 4 rings (SSSR count). The molecule has 138 valence electrons. The highest BCUT2D eigenvalue weighted by Gasteiger charge is 2.44. The number of para-hydroxylation sites is 2. The number of benzene rings is 1. The highest BCUT2D eigenvalue weighted by molar-refractivity contribution is 6.06. The summed E-state index contributed by atoms with van der Waals surface area (Å²) in [4.78, 5) is 34.6. The van der Waals surface area contributed by atoms with Gasteiger partial charge in [0.25, 0.3) is 0 Å². The van der Waals surface area contributed by atoms with Crippen LogP contribution < -0.4 is 16.4 Å².